The maximum atomic E-state index is 5.67. The van der Waals surface area contributed by atoms with Gasteiger partial charge in [0.05, 0.1) is 24.4 Å². The summed E-state index contributed by atoms with van der Waals surface area (Å²) in [6.07, 6.45) is 0. The Hall–Kier alpha value is -1.64. The molecule has 2 aromatic rings. The van der Waals surface area contributed by atoms with Crippen molar-refractivity contribution < 1.29 is 9.47 Å². The molecule has 0 N–H and O–H groups in total. The lowest BCUT2D eigenvalue weighted by Gasteiger charge is -2.19. The topological polar surface area (TPSA) is 18.5 Å². The van der Waals surface area contributed by atoms with Crippen LogP contribution in [0.2, 0.25) is 0 Å². The lowest BCUT2D eigenvalue weighted by atomic mass is 10.1. The van der Waals surface area contributed by atoms with Crippen molar-refractivity contribution >= 4 is 0 Å². The van der Waals surface area contributed by atoms with Crippen molar-refractivity contribution in [3.63, 3.8) is 0 Å². The summed E-state index contributed by atoms with van der Waals surface area (Å²) in [6.45, 7) is 18.0. The molecule has 0 unspecified atom stereocenters. The lowest BCUT2D eigenvalue weighted by molar-refractivity contribution is -0.0152. The van der Waals surface area contributed by atoms with E-state index in [4.69, 9.17) is 9.47 Å². The molecule has 2 nitrogen and oxygen atoms in total. The molecule has 0 amide bonds. The van der Waals surface area contributed by atoms with Crippen LogP contribution in [-0.2, 0) is 22.7 Å². The molecule has 0 fully saturated rings. The zero-order chi connectivity index (χ0) is 19.8. The van der Waals surface area contributed by atoms with E-state index in [0.717, 1.165) is 0 Å². The van der Waals surface area contributed by atoms with Crippen LogP contribution in [0.4, 0.5) is 0 Å². The quantitative estimate of drug-likeness (QED) is 0.613. The van der Waals surface area contributed by atoms with Gasteiger partial charge in [-0.25, -0.2) is 0 Å². The van der Waals surface area contributed by atoms with Gasteiger partial charge < -0.3 is 9.47 Å². The largest absolute Gasteiger partial charge is 0.371 e. The molecule has 0 bridgehead atoms. The second kappa shape index (κ2) is 9.89. The van der Waals surface area contributed by atoms with Gasteiger partial charge in [0.25, 0.3) is 0 Å². The molecular formula is C24H36O2. The van der Waals surface area contributed by atoms with Gasteiger partial charge in [0.1, 0.15) is 0 Å². The molecule has 0 atom stereocenters. The van der Waals surface area contributed by atoms with Gasteiger partial charge in [0.15, 0.2) is 0 Å². The van der Waals surface area contributed by atoms with Gasteiger partial charge in [0.2, 0.25) is 0 Å². The van der Waals surface area contributed by atoms with Crippen LogP contribution in [0.1, 0.15) is 63.8 Å². The molecule has 0 saturated heterocycles. The summed E-state index contributed by atoms with van der Waals surface area (Å²) in [5.41, 5.74) is 4.96. The van der Waals surface area contributed by atoms with Gasteiger partial charge in [-0.15, -0.1) is 0 Å². The first-order valence-electron chi connectivity index (χ1n) is 9.34. The highest BCUT2D eigenvalue weighted by atomic mass is 16.5. The van der Waals surface area contributed by atoms with E-state index in [1.54, 1.807) is 0 Å². The van der Waals surface area contributed by atoms with Crippen molar-refractivity contribution in [1.29, 1.82) is 0 Å². The van der Waals surface area contributed by atoms with E-state index in [1.165, 1.54) is 22.3 Å². The highest BCUT2D eigenvalue weighted by Gasteiger charge is 2.10. The molecule has 0 radical (unpaired) electrons. The maximum absolute atomic E-state index is 5.67. The van der Waals surface area contributed by atoms with Crippen molar-refractivity contribution in [2.45, 2.75) is 79.8 Å². The van der Waals surface area contributed by atoms with Crippen LogP contribution in [0.15, 0.2) is 48.5 Å². The van der Waals surface area contributed by atoms with Crippen molar-refractivity contribution in [1.82, 2.24) is 0 Å². The van der Waals surface area contributed by atoms with Gasteiger partial charge in [-0.05, 0) is 66.5 Å². The third-order valence-corrected chi connectivity index (χ3v) is 3.55. The second-order valence-electron chi connectivity index (χ2n) is 8.78. The number of ether oxygens (including phenoxy) is 2. The van der Waals surface area contributed by atoms with Gasteiger partial charge in [0, 0.05) is 0 Å². The standard InChI is InChI=1S/2C12H18O/c1-10-5-7-11(8-6-10)9-13-12(2,3)4;1-10-6-5-7-11(8-10)9-13-12(2,3)4/h2*5-8H,9H2,1-4H3. The minimum absolute atomic E-state index is 0.0507. The molecule has 2 aromatic carbocycles. The number of aryl methyl sites for hydroxylation is 2. The summed E-state index contributed by atoms with van der Waals surface area (Å²) in [4.78, 5) is 0. The first kappa shape index (κ1) is 22.4. The van der Waals surface area contributed by atoms with E-state index < -0.39 is 0 Å². The molecule has 0 aliphatic carbocycles. The van der Waals surface area contributed by atoms with E-state index in [-0.39, 0.29) is 11.2 Å². The Balaban J connectivity index is 0.000000260. The monoisotopic (exact) mass is 356 g/mol. The minimum atomic E-state index is -0.0518. The minimum Gasteiger partial charge on any atom is -0.371 e. The summed E-state index contributed by atoms with van der Waals surface area (Å²) in [7, 11) is 0. The number of hydrogen-bond donors (Lipinski definition) is 0. The summed E-state index contributed by atoms with van der Waals surface area (Å²) in [5, 5.41) is 0. The van der Waals surface area contributed by atoms with E-state index in [0.29, 0.717) is 13.2 Å². The Bertz CT molecular complexity index is 643. The zero-order valence-corrected chi connectivity index (χ0v) is 17.8. The Morgan fingerprint density at radius 2 is 1.12 bits per heavy atom. The predicted molar refractivity (Wildman–Crippen MR) is 111 cm³/mol. The SMILES string of the molecule is Cc1ccc(COC(C)(C)C)cc1.Cc1cccc(COC(C)(C)C)c1. The Labute approximate surface area is 160 Å². The van der Waals surface area contributed by atoms with E-state index in [2.05, 4.69) is 104 Å². The first-order valence-corrected chi connectivity index (χ1v) is 9.34. The van der Waals surface area contributed by atoms with E-state index >= 15 is 0 Å². The van der Waals surface area contributed by atoms with E-state index in [1.807, 2.05) is 0 Å². The van der Waals surface area contributed by atoms with Crippen molar-refractivity contribution in [2.24, 2.45) is 0 Å². The fourth-order valence-electron chi connectivity index (χ4n) is 2.09. The fourth-order valence-corrected chi connectivity index (χ4v) is 2.09. The van der Waals surface area contributed by atoms with Crippen LogP contribution >= 0.6 is 0 Å². The Morgan fingerprint density at radius 3 is 1.58 bits per heavy atom. The molecular weight excluding hydrogens is 320 g/mol. The first-order chi connectivity index (χ1) is 11.9. The summed E-state index contributed by atoms with van der Waals surface area (Å²) in [6, 6.07) is 16.9. The number of rotatable bonds is 4. The molecule has 0 spiro atoms. The molecule has 2 heteroatoms. The summed E-state index contributed by atoms with van der Waals surface area (Å²) < 4.78 is 11.3. The Morgan fingerprint density at radius 1 is 0.615 bits per heavy atom. The van der Waals surface area contributed by atoms with Crippen LogP contribution < -0.4 is 0 Å². The highest BCUT2D eigenvalue weighted by molar-refractivity contribution is 5.21. The van der Waals surface area contributed by atoms with Gasteiger partial charge >= 0.3 is 0 Å². The van der Waals surface area contributed by atoms with Gasteiger partial charge in [-0.3, -0.25) is 0 Å². The molecule has 144 valence electrons. The smallest absolute Gasteiger partial charge is 0.0724 e. The molecule has 2 rings (SSSR count). The normalized spacial score (nSPS) is 11.7. The van der Waals surface area contributed by atoms with Crippen LogP contribution in [-0.4, -0.2) is 11.2 Å². The lowest BCUT2D eigenvalue weighted by Crippen LogP contribution is -2.18. The third-order valence-electron chi connectivity index (χ3n) is 3.55. The Kier molecular flexibility index (Phi) is 8.52. The van der Waals surface area contributed by atoms with E-state index in [9.17, 15) is 0 Å². The van der Waals surface area contributed by atoms with Crippen LogP contribution in [0.25, 0.3) is 0 Å². The van der Waals surface area contributed by atoms with Crippen molar-refractivity contribution in [2.75, 3.05) is 0 Å². The maximum Gasteiger partial charge on any atom is 0.0724 e. The fraction of sp³-hybridized carbons (Fsp3) is 0.500. The average Bonchev–Trinajstić information content (AvgIpc) is 2.52. The predicted octanol–water partition coefficient (Wildman–Crippen LogP) is 6.62. The second-order valence-corrected chi connectivity index (χ2v) is 8.78. The van der Waals surface area contributed by atoms with Crippen molar-refractivity contribution in [3.05, 3.63) is 70.8 Å². The number of hydrogen-bond acceptors (Lipinski definition) is 2. The van der Waals surface area contributed by atoms with Crippen LogP contribution in [0, 0.1) is 13.8 Å². The highest BCUT2D eigenvalue weighted by Crippen LogP contribution is 2.13. The number of benzene rings is 2. The van der Waals surface area contributed by atoms with Crippen LogP contribution in [0.3, 0.4) is 0 Å². The summed E-state index contributed by atoms with van der Waals surface area (Å²) in [5.74, 6) is 0. The van der Waals surface area contributed by atoms with Crippen LogP contribution in [0.5, 0.6) is 0 Å². The molecule has 0 aliphatic rings. The average molecular weight is 357 g/mol. The van der Waals surface area contributed by atoms with Crippen molar-refractivity contribution in [3.8, 4) is 0 Å². The zero-order valence-electron chi connectivity index (χ0n) is 17.8. The third kappa shape index (κ3) is 11.1. The van der Waals surface area contributed by atoms with Gasteiger partial charge in [-0.2, -0.15) is 0 Å². The van der Waals surface area contributed by atoms with Gasteiger partial charge in [-0.1, -0.05) is 59.7 Å². The molecule has 0 saturated carbocycles. The molecule has 0 aliphatic heterocycles. The summed E-state index contributed by atoms with van der Waals surface area (Å²) >= 11 is 0. The molecule has 0 heterocycles. The molecule has 0 aromatic heterocycles. The molecule has 26 heavy (non-hydrogen) atoms.